The first-order chi connectivity index (χ1) is 20.7. The molecule has 1 aliphatic rings. The van der Waals surface area contributed by atoms with Crippen molar-refractivity contribution in [2.45, 2.75) is 48.9 Å². The topological polar surface area (TPSA) is 122 Å². The molecule has 4 aromatic rings. The Labute approximate surface area is 256 Å². The van der Waals surface area contributed by atoms with Gasteiger partial charge in [0.1, 0.15) is 5.82 Å². The maximum absolute atomic E-state index is 13.1. The largest absolute Gasteiger partial charge is 0.406 e. The fraction of sp³-hybridized carbons (Fsp3) is 0.281. The van der Waals surface area contributed by atoms with E-state index < -0.39 is 25.4 Å². The van der Waals surface area contributed by atoms with Crippen LogP contribution in [0.25, 0.3) is 10.4 Å². The van der Waals surface area contributed by atoms with E-state index in [4.69, 9.17) is 4.43 Å². The molecule has 0 saturated carbocycles. The molecule has 43 heavy (non-hydrogen) atoms. The van der Waals surface area contributed by atoms with Gasteiger partial charge in [0.05, 0.1) is 11.4 Å². The lowest BCUT2D eigenvalue weighted by atomic mass is 10.2. The van der Waals surface area contributed by atoms with Crippen LogP contribution in [0.5, 0.6) is 0 Å². The van der Waals surface area contributed by atoms with Crippen LogP contribution in [0, 0.1) is 0 Å². The van der Waals surface area contributed by atoms with Crippen LogP contribution in [0.15, 0.2) is 113 Å². The molecule has 0 spiro atoms. The summed E-state index contributed by atoms with van der Waals surface area (Å²) in [5.41, 5.74) is 9.27. The molecule has 220 valence electrons. The van der Waals surface area contributed by atoms with E-state index in [1.165, 1.54) is 14.9 Å². The number of anilines is 1. The minimum atomic E-state index is -2.76. The van der Waals surface area contributed by atoms with E-state index in [1.54, 1.807) is 48.3 Å². The van der Waals surface area contributed by atoms with Gasteiger partial charge in [0, 0.05) is 28.5 Å². The van der Waals surface area contributed by atoms with E-state index in [1.807, 2.05) is 18.2 Å². The molecular formula is C32H34N6O3SSi. The molecule has 1 fully saturated rings. The van der Waals surface area contributed by atoms with Crippen molar-refractivity contribution in [1.82, 2.24) is 9.55 Å². The predicted molar refractivity (Wildman–Crippen MR) is 174 cm³/mol. The molecule has 1 amide bonds. The van der Waals surface area contributed by atoms with Gasteiger partial charge in [0.2, 0.25) is 0 Å². The zero-order valence-corrected chi connectivity index (χ0v) is 26.1. The fourth-order valence-corrected chi connectivity index (χ4v) is 11.9. The summed E-state index contributed by atoms with van der Waals surface area (Å²) in [6, 6.07) is 30.7. The van der Waals surface area contributed by atoms with Crippen molar-refractivity contribution in [2.24, 2.45) is 5.11 Å². The Morgan fingerprint density at radius 2 is 1.60 bits per heavy atom. The second kappa shape index (κ2) is 13.0. The van der Waals surface area contributed by atoms with Crippen molar-refractivity contribution in [3.05, 3.63) is 130 Å². The molecule has 3 aromatic carbocycles. The molecule has 1 saturated heterocycles. The molecule has 1 aliphatic heterocycles. The standard InChI is InChI=1S/C32H34N6O3SSi/c1-32(2,3)43(25-15-9-5-10-16-25,26-17-11-6-12-18-26)41-22-24-21-27(36-37-33)30(42-24)38-20-19-28(35-31(38)40)34-29(39)23-13-7-4-8-14-23/h4-20,24,27,30H,21-22H2,1-3H3,(H,34,35,39,40)/t24-,27-,30-/m0/s1. The summed E-state index contributed by atoms with van der Waals surface area (Å²) in [5.74, 6) is -0.196. The van der Waals surface area contributed by atoms with Gasteiger partial charge >= 0.3 is 5.69 Å². The third kappa shape index (κ3) is 6.45. The number of carbonyl (C=O) groups is 1. The molecule has 0 aliphatic carbocycles. The SMILES string of the molecule is CC(C)(C)[Si](OC[C@@H]1C[C@H](N=[N+]=[N-])[C@@H](n2ccc(NC(=O)c3ccccc3)nc2=O)S1)(c1ccccc1)c1ccccc1. The summed E-state index contributed by atoms with van der Waals surface area (Å²) < 4.78 is 8.61. The van der Waals surface area contributed by atoms with Gasteiger partial charge in [0.25, 0.3) is 14.2 Å². The number of nitrogens with one attached hydrogen (secondary N) is 1. The highest BCUT2D eigenvalue weighted by Gasteiger charge is 2.51. The molecular weight excluding hydrogens is 577 g/mol. The van der Waals surface area contributed by atoms with Gasteiger partial charge in [-0.2, -0.15) is 4.98 Å². The van der Waals surface area contributed by atoms with E-state index in [0.29, 0.717) is 18.6 Å². The fourth-order valence-electron chi connectivity index (χ4n) is 5.69. The number of hydrogen-bond acceptors (Lipinski definition) is 6. The second-order valence-electron chi connectivity index (χ2n) is 11.5. The van der Waals surface area contributed by atoms with Gasteiger partial charge < -0.3 is 9.74 Å². The zero-order chi connectivity index (χ0) is 30.5. The van der Waals surface area contributed by atoms with Crippen LogP contribution < -0.4 is 21.4 Å². The lowest BCUT2D eigenvalue weighted by Gasteiger charge is -2.43. The molecule has 9 nitrogen and oxygen atoms in total. The number of benzene rings is 3. The molecule has 5 rings (SSSR count). The lowest BCUT2D eigenvalue weighted by molar-refractivity contribution is 0.102. The molecule has 0 bridgehead atoms. The Morgan fingerprint density at radius 3 is 2.14 bits per heavy atom. The first-order valence-corrected chi connectivity index (χ1v) is 17.0. The summed E-state index contributed by atoms with van der Waals surface area (Å²) in [7, 11) is -2.76. The monoisotopic (exact) mass is 610 g/mol. The summed E-state index contributed by atoms with van der Waals surface area (Å²) in [5, 5.41) is 8.45. The molecule has 2 heterocycles. The van der Waals surface area contributed by atoms with Crippen LogP contribution in [-0.4, -0.2) is 41.7 Å². The minimum absolute atomic E-state index is 0.0218. The van der Waals surface area contributed by atoms with Crippen molar-refractivity contribution in [3.63, 3.8) is 0 Å². The van der Waals surface area contributed by atoms with E-state index in [2.05, 4.69) is 89.6 Å². The third-order valence-corrected chi connectivity index (χ3v) is 14.2. The number of hydrogen-bond donors (Lipinski definition) is 1. The Morgan fingerprint density at radius 1 is 1.02 bits per heavy atom. The van der Waals surface area contributed by atoms with Crippen molar-refractivity contribution < 1.29 is 9.22 Å². The maximum Gasteiger partial charge on any atom is 0.350 e. The third-order valence-electron chi connectivity index (χ3n) is 7.65. The first-order valence-electron chi connectivity index (χ1n) is 14.1. The second-order valence-corrected chi connectivity index (χ2v) is 17.2. The average molecular weight is 611 g/mol. The van der Waals surface area contributed by atoms with Crippen molar-refractivity contribution in [1.29, 1.82) is 0 Å². The van der Waals surface area contributed by atoms with E-state index in [9.17, 15) is 15.1 Å². The number of aromatic nitrogens is 2. The molecule has 11 heteroatoms. The lowest BCUT2D eigenvalue weighted by Crippen LogP contribution is -2.67. The number of carbonyl (C=O) groups excluding carboxylic acids is 1. The summed E-state index contributed by atoms with van der Waals surface area (Å²) >= 11 is 1.55. The summed E-state index contributed by atoms with van der Waals surface area (Å²) in [6.45, 7) is 7.13. The van der Waals surface area contributed by atoms with Crippen LogP contribution in [0.4, 0.5) is 5.82 Å². The normalized spacial score (nSPS) is 18.5. The summed E-state index contributed by atoms with van der Waals surface area (Å²) in [4.78, 5) is 32.9. The molecule has 1 aromatic heterocycles. The molecule has 0 radical (unpaired) electrons. The van der Waals surface area contributed by atoms with Crippen LogP contribution in [0.2, 0.25) is 5.04 Å². The molecule has 3 atom stereocenters. The Kier molecular flexibility index (Phi) is 9.17. The van der Waals surface area contributed by atoms with Crippen molar-refractivity contribution in [3.8, 4) is 0 Å². The van der Waals surface area contributed by atoms with Crippen molar-refractivity contribution >= 4 is 42.2 Å². The van der Waals surface area contributed by atoms with Crippen molar-refractivity contribution in [2.75, 3.05) is 11.9 Å². The quantitative estimate of drug-likeness (QED) is 0.112. The Balaban J connectivity index is 1.39. The van der Waals surface area contributed by atoms with Gasteiger partial charge in [-0.05, 0) is 45.6 Å². The van der Waals surface area contributed by atoms with Crippen LogP contribution in [-0.2, 0) is 4.43 Å². The maximum atomic E-state index is 13.1. The van der Waals surface area contributed by atoms with E-state index in [-0.39, 0.29) is 22.0 Å². The van der Waals surface area contributed by atoms with Gasteiger partial charge in [0.15, 0.2) is 0 Å². The Bertz CT molecular complexity index is 1620. The van der Waals surface area contributed by atoms with E-state index in [0.717, 1.165) is 0 Å². The molecule has 1 N–H and O–H groups in total. The minimum Gasteiger partial charge on any atom is -0.406 e. The predicted octanol–water partition coefficient (Wildman–Crippen LogP) is 5.76. The zero-order valence-electron chi connectivity index (χ0n) is 24.3. The molecule has 0 unspecified atom stereocenters. The smallest absolute Gasteiger partial charge is 0.350 e. The highest BCUT2D eigenvalue weighted by Crippen LogP contribution is 2.44. The number of azide groups is 1. The van der Waals surface area contributed by atoms with Crippen LogP contribution in [0.1, 0.15) is 42.9 Å². The number of nitrogens with zero attached hydrogens (tertiary/aromatic N) is 5. The van der Waals surface area contributed by atoms with Crippen LogP contribution >= 0.6 is 11.8 Å². The van der Waals surface area contributed by atoms with Gasteiger partial charge in [-0.3, -0.25) is 9.36 Å². The highest BCUT2D eigenvalue weighted by molar-refractivity contribution is 8.00. The Hall–Kier alpha value is -4.15. The number of thioether (sulfide) groups is 1. The van der Waals surface area contributed by atoms with Gasteiger partial charge in [-0.15, -0.1) is 11.8 Å². The number of amides is 1. The summed E-state index contributed by atoms with van der Waals surface area (Å²) in [6.07, 6.45) is 2.15. The van der Waals surface area contributed by atoms with Gasteiger partial charge in [-0.25, -0.2) is 4.79 Å². The van der Waals surface area contributed by atoms with E-state index >= 15 is 0 Å². The van der Waals surface area contributed by atoms with Gasteiger partial charge in [-0.1, -0.05) is 105 Å². The first kappa shape index (κ1) is 30.3. The average Bonchev–Trinajstić information content (AvgIpc) is 3.41. The number of rotatable bonds is 9. The van der Waals surface area contributed by atoms with Crippen LogP contribution in [0.3, 0.4) is 0 Å². The highest BCUT2D eigenvalue weighted by atomic mass is 32.2.